The van der Waals surface area contributed by atoms with E-state index in [9.17, 15) is 9.59 Å². The van der Waals surface area contributed by atoms with Crippen molar-refractivity contribution in [1.29, 1.82) is 0 Å². The van der Waals surface area contributed by atoms with E-state index >= 15 is 0 Å². The van der Waals surface area contributed by atoms with Gasteiger partial charge in [-0.3, -0.25) is 9.59 Å². The Morgan fingerprint density at radius 2 is 2.07 bits per heavy atom. The Bertz CT molecular complexity index is 1050. The van der Waals surface area contributed by atoms with Crippen molar-refractivity contribution in [3.63, 3.8) is 0 Å². The number of amides is 1. The molecule has 0 atom stereocenters. The van der Waals surface area contributed by atoms with Crippen LogP contribution in [0.3, 0.4) is 0 Å². The van der Waals surface area contributed by atoms with Crippen molar-refractivity contribution in [1.82, 2.24) is 19.4 Å². The summed E-state index contributed by atoms with van der Waals surface area (Å²) >= 11 is 0. The number of nitrogens with zero attached hydrogens (tertiary/aromatic N) is 3. The first kappa shape index (κ1) is 21.4. The van der Waals surface area contributed by atoms with Crippen LogP contribution in [0.4, 0.5) is 0 Å². The van der Waals surface area contributed by atoms with Gasteiger partial charge in [0.2, 0.25) is 0 Å². The summed E-state index contributed by atoms with van der Waals surface area (Å²) in [6.45, 7) is 5.62. The second-order valence-electron chi connectivity index (χ2n) is 7.13. The van der Waals surface area contributed by atoms with Gasteiger partial charge < -0.3 is 19.2 Å². The van der Waals surface area contributed by atoms with Crippen molar-refractivity contribution < 1.29 is 9.53 Å². The number of carbonyl (C=O) groups excluding carboxylic acids is 1. The second-order valence-corrected chi connectivity index (χ2v) is 7.13. The van der Waals surface area contributed by atoms with Gasteiger partial charge in [-0.15, -0.1) is 0 Å². The van der Waals surface area contributed by atoms with E-state index in [0.29, 0.717) is 19.5 Å². The molecule has 0 aliphatic rings. The molecule has 7 nitrogen and oxygen atoms in total. The van der Waals surface area contributed by atoms with Gasteiger partial charge in [0.15, 0.2) is 5.43 Å². The fourth-order valence-corrected chi connectivity index (χ4v) is 3.64. The van der Waals surface area contributed by atoms with Crippen LogP contribution in [0.1, 0.15) is 40.7 Å². The lowest BCUT2D eigenvalue weighted by atomic mass is 10.1. The van der Waals surface area contributed by atoms with Crippen molar-refractivity contribution in [3.05, 3.63) is 81.8 Å². The molecule has 1 N–H and O–H groups in total. The molecule has 2 heterocycles. The lowest BCUT2D eigenvalue weighted by Crippen LogP contribution is -2.33. The molecule has 0 aliphatic carbocycles. The number of carbonyl (C=O) groups is 1. The summed E-state index contributed by atoms with van der Waals surface area (Å²) in [6.07, 6.45) is 6.68. The number of imidazole rings is 1. The molecule has 3 aromatic rings. The minimum atomic E-state index is -0.323. The van der Waals surface area contributed by atoms with Crippen LogP contribution in [-0.2, 0) is 19.5 Å². The predicted molar refractivity (Wildman–Crippen MR) is 116 cm³/mol. The van der Waals surface area contributed by atoms with E-state index in [1.807, 2.05) is 53.4 Å². The molecule has 0 spiro atoms. The number of ether oxygens (including phenoxy) is 1. The summed E-state index contributed by atoms with van der Waals surface area (Å²) in [5.41, 5.74) is 2.53. The Morgan fingerprint density at radius 1 is 1.27 bits per heavy atom. The van der Waals surface area contributed by atoms with Gasteiger partial charge >= 0.3 is 0 Å². The molecule has 1 amide bonds. The van der Waals surface area contributed by atoms with Gasteiger partial charge in [-0.05, 0) is 25.8 Å². The fourth-order valence-electron chi connectivity index (χ4n) is 3.64. The summed E-state index contributed by atoms with van der Waals surface area (Å²) in [4.78, 5) is 29.6. The molecule has 7 heteroatoms. The molecule has 0 unspecified atom stereocenters. The first-order valence-corrected chi connectivity index (χ1v) is 10.1. The molecule has 0 radical (unpaired) electrons. The Morgan fingerprint density at radius 3 is 2.77 bits per heavy atom. The smallest absolute Gasteiger partial charge is 0.257 e. The van der Waals surface area contributed by atoms with Crippen LogP contribution >= 0.6 is 0 Å². The average Bonchev–Trinajstić information content (AvgIpc) is 3.26. The minimum Gasteiger partial charge on any atom is -0.496 e. The van der Waals surface area contributed by atoms with E-state index in [0.717, 1.165) is 35.7 Å². The number of benzene rings is 1. The Hall–Kier alpha value is -3.35. The zero-order chi connectivity index (χ0) is 21.5. The van der Waals surface area contributed by atoms with E-state index in [1.165, 1.54) is 6.07 Å². The number of aryl methyl sites for hydroxylation is 2. The maximum absolute atomic E-state index is 12.9. The predicted octanol–water partition coefficient (Wildman–Crippen LogP) is 2.79. The molecule has 158 valence electrons. The number of hydrogen-bond acceptors (Lipinski definition) is 4. The van der Waals surface area contributed by atoms with Gasteiger partial charge in [-0.1, -0.05) is 25.1 Å². The Kier molecular flexibility index (Phi) is 7.06. The maximum Gasteiger partial charge on any atom is 0.257 e. The zero-order valence-corrected chi connectivity index (χ0v) is 17.7. The van der Waals surface area contributed by atoms with E-state index in [2.05, 4.69) is 10.3 Å². The molecule has 1 aromatic carbocycles. The van der Waals surface area contributed by atoms with Gasteiger partial charge in [-0.2, -0.15) is 0 Å². The van der Waals surface area contributed by atoms with E-state index < -0.39 is 0 Å². The van der Waals surface area contributed by atoms with Crippen LogP contribution in [0.2, 0.25) is 0 Å². The van der Waals surface area contributed by atoms with Crippen LogP contribution in [0, 0.1) is 6.92 Å². The third-order valence-corrected chi connectivity index (χ3v) is 5.15. The zero-order valence-electron chi connectivity index (χ0n) is 17.7. The van der Waals surface area contributed by atoms with E-state index in [1.54, 1.807) is 19.6 Å². The lowest BCUT2D eigenvalue weighted by Gasteiger charge is -2.20. The molecule has 30 heavy (non-hydrogen) atoms. The molecule has 3 rings (SSSR count). The topological polar surface area (TPSA) is 78.2 Å². The summed E-state index contributed by atoms with van der Waals surface area (Å²) < 4.78 is 9.45. The summed E-state index contributed by atoms with van der Waals surface area (Å²) in [7, 11) is 1.64. The van der Waals surface area contributed by atoms with Crippen molar-refractivity contribution in [2.45, 2.75) is 39.8 Å². The van der Waals surface area contributed by atoms with Crippen molar-refractivity contribution in [2.75, 3.05) is 13.7 Å². The Balaban J connectivity index is 1.82. The summed E-state index contributed by atoms with van der Waals surface area (Å²) in [5.74, 6) is 0.458. The lowest BCUT2D eigenvalue weighted by molar-refractivity contribution is 0.0949. The number of methoxy groups -OCH3 is 1. The normalized spacial score (nSPS) is 10.8. The first-order valence-electron chi connectivity index (χ1n) is 10.1. The monoisotopic (exact) mass is 408 g/mol. The SMILES string of the molecule is CCc1c(C(=O)NCCCn2ccnc2)c(=O)cc(C)n1Cc1ccccc1OC. The summed E-state index contributed by atoms with van der Waals surface area (Å²) in [6, 6.07) is 9.31. The van der Waals surface area contributed by atoms with Gasteiger partial charge in [-0.25, -0.2) is 4.98 Å². The molecular formula is C23H28N4O3. The standard InChI is InChI=1S/C23H28N4O3/c1-4-19-22(23(29)25-10-7-12-26-13-11-24-16-26)20(28)14-17(2)27(19)15-18-8-5-6-9-21(18)30-3/h5-6,8-9,11,13-14,16H,4,7,10,12,15H2,1-3H3,(H,25,29). The third kappa shape index (κ3) is 4.79. The molecular weight excluding hydrogens is 380 g/mol. The number of para-hydroxylation sites is 1. The maximum atomic E-state index is 12.9. The fraction of sp³-hybridized carbons (Fsp3) is 0.348. The molecule has 0 saturated carbocycles. The van der Waals surface area contributed by atoms with Crippen LogP contribution in [0.25, 0.3) is 0 Å². The number of pyridine rings is 1. The van der Waals surface area contributed by atoms with Gasteiger partial charge in [0.05, 0.1) is 20.0 Å². The third-order valence-electron chi connectivity index (χ3n) is 5.15. The van der Waals surface area contributed by atoms with Crippen molar-refractivity contribution >= 4 is 5.91 Å². The van der Waals surface area contributed by atoms with Gasteiger partial charge in [0.25, 0.3) is 5.91 Å². The quantitative estimate of drug-likeness (QED) is 0.552. The number of aromatic nitrogens is 3. The highest BCUT2D eigenvalue weighted by Gasteiger charge is 2.19. The van der Waals surface area contributed by atoms with Crippen LogP contribution < -0.4 is 15.5 Å². The molecule has 0 fully saturated rings. The largest absolute Gasteiger partial charge is 0.496 e. The van der Waals surface area contributed by atoms with Crippen LogP contribution in [-0.4, -0.2) is 33.7 Å². The average molecular weight is 409 g/mol. The highest BCUT2D eigenvalue weighted by Crippen LogP contribution is 2.21. The van der Waals surface area contributed by atoms with Gasteiger partial charge in [0.1, 0.15) is 11.3 Å². The number of hydrogen-bond donors (Lipinski definition) is 1. The van der Waals surface area contributed by atoms with Crippen LogP contribution in [0.15, 0.2) is 53.8 Å². The molecule has 0 aliphatic heterocycles. The van der Waals surface area contributed by atoms with E-state index in [-0.39, 0.29) is 16.9 Å². The summed E-state index contributed by atoms with van der Waals surface area (Å²) in [5, 5.41) is 2.90. The first-order chi connectivity index (χ1) is 14.5. The minimum absolute atomic E-state index is 0.223. The van der Waals surface area contributed by atoms with Crippen molar-refractivity contribution in [2.24, 2.45) is 0 Å². The second kappa shape index (κ2) is 9.91. The molecule has 0 saturated heterocycles. The number of nitrogens with one attached hydrogen (secondary N) is 1. The van der Waals surface area contributed by atoms with Crippen molar-refractivity contribution in [3.8, 4) is 5.75 Å². The van der Waals surface area contributed by atoms with Crippen LogP contribution in [0.5, 0.6) is 5.75 Å². The highest BCUT2D eigenvalue weighted by molar-refractivity contribution is 5.95. The van der Waals surface area contributed by atoms with Gasteiger partial charge in [0, 0.05) is 48.5 Å². The molecule has 0 bridgehead atoms. The number of rotatable bonds is 9. The molecule has 2 aromatic heterocycles. The Labute approximate surface area is 176 Å². The van der Waals surface area contributed by atoms with E-state index in [4.69, 9.17) is 4.74 Å². The highest BCUT2D eigenvalue weighted by atomic mass is 16.5.